The summed E-state index contributed by atoms with van der Waals surface area (Å²) in [5.74, 6) is 1.13. The highest BCUT2D eigenvalue weighted by molar-refractivity contribution is 5.63. The first-order valence-corrected chi connectivity index (χ1v) is 5.72. The van der Waals surface area contributed by atoms with E-state index < -0.39 is 0 Å². The SMILES string of the molecule is CC1OCCC1CNc1ncc(C#N)cc1N. The number of pyridine rings is 1. The predicted octanol–water partition coefficient (Wildman–Crippen LogP) is 1.37. The second-order valence-corrected chi connectivity index (χ2v) is 4.28. The van der Waals surface area contributed by atoms with Crippen LogP contribution < -0.4 is 11.1 Å². The number of nitrogen functional groups attached to an aromatic ring is 1. The Bertz CT molecular complexity index is 441. The molecule has 2 atom stereocenters. The van der Waals surface area contributed by atoms with Crippen LogP contribution in [-0.4, -0.2) is 24.2 Å². The highest BCUT2D eigenvalue weighted by atomic mass is 16.5. The lowest BCUT2D eigenvalue weighted by Gasteiger charge is -2.15. The first-order chi connectivity index (χ1) is 8.20. The van der Waals surface area contributed by atoms with Gasteiger partial charge in [-0.3, -0.25) is 0 Å². The van der Waals surface area contributed by atoms with Crippen LogP contribution in [0.1, 0.15) is 18.9 Å². The maximum Gasteiger partial charge on any atom is 0.149 e. The zero-order chi connectivity index (χ0) is 12.3. The van der Waals surface area contributed by atoms with Crippen molar-refractivity contribution in [3.63, 3.8) is 0 Å². The fraction of sp³-hybridized carbons (Fsp3) is 0.500. The van der Waals surface area contributed by atoms with E-state index in [0.29, 0.717) is 23.0 Å². The summed E-state index contributed by atoms with van der Waals surface area (Å²) in [5.41, 5.74) is 6.80. The second-order valence-electron chi connectivity index (χ2n) is 4.28. The molecule has 0 saturated carbocycles. The van der Waals surface area contributed by atoms with Gasteiger partial charge < -0.3 is 15.8 Å². The van der Waals surface area contributed by atoms with Gasteiger partial charge in [0.25, 0.3) is 0 Å². The van der Waals surface area contributed by atoms with Crippen molar-refractivity contribution in [3.05, 3.63) is 17.8 Å². The summed E-state index contributed by atoms with van der Waals surface area (Å²) in [6.07, 6.45) is 2.86. The number of nitrogens with zero attached hydrogens (tertiary/aromatic N) is 2. The smallest absolute Gasteiger partial charge is 0.149 e. The van der Waals surface area contributed by atoms with Crippen molar-refractivity contribution in [3.8, 4) is 6.07 Å². The van der Waals surface area contributed by atoms with E-state index in [9.17, 15) is 0 Å². The molecule has 17 heavy (non-hydrogen) atoms. The van der Waals surface area contributed by atoms with Gasteiger partial charge in [-0.1, -0.05) is 0 Å². The van der Waals surface area contributed by atoms with Crippen LogP contribution in [0.3, 0.4) is 0 Å². The van der Waals surface area contributed by atoms with Gasteiger partial charge in [0.1, 0.15) is 11.9 Å². The molecule has 5 heteroatoms. The van der Waals surface area contributed by atoms with Crippen molar-refractivity contribution in [1.29, 1.82) is 5.26 Å². The van der Waals surface area contributed by atoms with E-state index >= 15 is 0 Å². The quantitative estimate of drug-likeness (QED) is 0.822. The maximum atomic E-state index is 8.71. The average molecular weight is 232 g/mol. The molecule has 0 amide bonds. The van der Waals surface area contributed by atoms with Crippen LogP contribution in [0.15, 0.2) is 12.3 Å². The Morgan fingerprint density at radius 2 is 2.53 bits per heavy atom. The fourth-order valence-electron chi connectivity index (χ4n) is 1.96. The zero-order valence-electron chi connectivity index (χ0n) is 9.81. The van der Waals surface area contributed by atoms with Gasteiger partial charge in [-0.15, -0.1) is 0 Å². The van der Waals surface area contributed by atoms with E-state index in [1.165, 1.54) is 6.20 Å². The molecule has 1 aliphatic rings. The topological polar surface area (TPSA) is 84.0 Å². The van der Waals surface area contributed by atoms with E-state index in [1.54, 1.807) is 6.07 Å². The average Bonchev–Trinajstić information content (AvgIpc) is 2.73. The molecular formula is C12H16N4O. The van der Waals surface area contributed by atoms with Gasteiger partial charge in [0.15, 0.2) is 0 Å². The van der Waals surface area contributed by atoms with Crippen molar-refractivity contribution in [2.75, 3.05) is 24.2 Å². The lowest BCUT2D eigenvalue weighted by Crippen LogP contribution is -2.21. The molecule has 1 aliphatic heterocycles. The second kappa shape index (κ2) is 5.02. The summed E-state index contributed by atoms with van der Waals surface area (Å²) in [5, 5.41) is 11.9. The Labute approximate surface area is 101 Å². The third kappa shape index (κ3) is 2.66. The van der Waals surface area contributed by atoms with Crippen LogP contribution in [0.4, 0.5) is 11.5 Å². The summed E-state index contributed by atoms with van der Waals surface area (Å²) < 4.78 is 5.49. The molecule has 1 saturated heterocycles. The largest absolute Gasteiger partial charge is 0.396 e. The van der Waals surface area contributed by atoms with Crippen LogP contribution in [0, 0.1) is 17.2 Å². The van der Waals surface area contributed by atoms with Crippen molar-refractivity contribution in [2.24, 2.45) is 5.92 Å². The molecule has 1 aromatic rings. The highest BCUT2D eigenvalue weighted by Crippen LogP contribution is 2.22. The lowest BCUT2D eigenvalue weighted by molar-refractivity contribution is 0.108. The van der Waals surface area contributed by atoms with Crippen LogP contribution in [-0.2, 0) is 4.74 Å². The number of anilines is 2. The highest BCUT2D eigenvalue weighted by Gasteiger charge is 2.23. The molecule has 3 N–H and O–H groups in total. The zero-order valence-corrected chi connectivity index (χ0v) is 9.81. The monoisotopic (exact) mass is 232 g/mol. The molecule has 0 bridgehead atoms. The van der Waals surface area contributed by atoms with Gasteiger partial charge in [-0.25, -0.2) is 4.98 Å². The van der Waals surface area contributed by atoms with E-state index in [2.05, 4.69) is 17.2 Å². The fourth-order valence-corrected chi connectivity index (χ4v) is 1.96. The number of rotatable bonds is 3. The third-order valence-corrected chi connectivity index (χ3v) is 3.11. The number of nitrogens with two attached hydrogens (primary N) is 1. The Morgan fingerprint density at radius 3 is 3.12 bits per heavy atom. The van der Waals surface area contributed by atoms with Crippen molar-refractivity contribution in [2.45, 2.75) is 19.4 Å². The standard InChI is InChI=1S/C12H16N4O/c1-8-10(2-3-17-8)7-16-12-11(14)4-9(5-13)6-15-12/h4,6,8,10H,2-3,7,14H2,1H3,(H,15,16). The molecule has 2 rings (SSSR count). The van der Waals surface area contributed by atoms with Gasteiger partial charge in [-0.2, -0.15) is 5.26 Å². The van der Waals surface area contributed by atoms with Crippen LogP contribution in [0.5, 0.6) is 0 Å². The van der Waals surface area contributed by atoms with Gasteiger partial charge >= 0.3 is 0 Å². The Hall–Kier alpha value is -1.80. The van der Waals surface area contributed by atoms with Crippen LogP contribution in [0.25, 0.3) is 0 Å². The van der Waals surface area contributed by atoms with E-state index in [4.69, 9.17) is 15.7 Å². The summed E-state index contributed by atoms with van der Waals surface area (Å²) >= 11 is 0. The Morgan fingerprint density at radius 1 is 1.71 bits per heavy atom. The van der Waals surface area contributed by atoms with Crippen LogP contribution >= 0.6 is 0 Å². The molecule has 5 nitrogen and oxygen atoms in total. The number of nitriles is 1. The van der Waals surface area contributed by atoms with Gasteiger partial charge in [0.2, 0.25) is 0 Å². The molecule has 0 aromatic carbocycles. The minimum Gasteiger partial charge on any atom is -0.396 e. The maximum absolute atomic E-state index is 8.71. The number of aromatic nitrogens is 1. The van der Waals surface area contributed by atoms with Gasteiger partial charge in [-0.05, 0) is 19.4 Å². The molecule has 1 aromatic heterocycles. The van der Waals surface area contributed by atoms with Gasteiger partial charge in [0, 0.05) is 25.3 Å². The molecule has 0 spiro atoms. The lowest BCUT2D eigenvalue weighted by atomic mass is 10.0. The van der Waals surface area contributed by atoms with E-state index in [1.807, 2.05) is 6.07 Å². The summed E-state index contributed by atoms with van der Waals surface area (Å²) in [6.45, 7) is 3.70. The molecule has 1 fully saturated rings. The minimum absolute atomic E-state index is 0.280. The molecule has 2 heterocycles. The summed E-state index contributed by atoms with van der Waals surface area (Å²) in [4.78, 5) is 4.14. The summed E-state index contributed by atoms with van der Waals surface area (Å²) in [7, 11) is 0. The third-order valence-electron chi connectivity index (χ3n) is 3.11. The Balaban J connectivity index is 1.97. The van der Waals surface area contributed by atoms with E-state index in [-0.39, 0.29) is 6.10 Å². The number of nitrogens with one attached hydrogen (secondary N) is 1. The van der Waals surface area contributed by atoms with Crippen molar-refractivity contribution < 1.29 is 4.74 Å². The number of hydrogen-bond acceptors (Lipinski definition) is 5. The van der Waals surface area contributed by atoms with Crippen molar-refractivity contribution in [1.82, 2.24) is 4.98 Å². The minimum atomic E-state index is 0.280. The first kappa shape index (κ1) is 11.7. The molecule has 0 aliphatic carbocycles. The Kier molecular flexibility index (Phi) is 3.45. The van der Waals surface area contributed by atoms with Gasteiger partial charge in [0.05, 0.1) is 17.4 Å². The molecule has 2 unspecified atom stereocenters. The summed E-state index contributed by atoms with van der Waals surface area (Å²) in [6, 6.07) is 3.64. The number of ether oxygens (including phenoxy) is 1. The van der Waals surface area contributed by atoms with Crippen LogP contribution in [0.2, 0.25) is 0 Å². The first-order valence-electron chi connectivity index (χ1n) is 5.72. The molecule has 90 valence electrons. The normalized spacial score (nSPS) is 23.3. The van der Waals surface area contributed by atoms with E-state index in [0.717, 1.165) is 19.6 Å². The molecular weight excluding hydrogens is 216 g/mol. The van der Waals surface area contributed by atoms with Crippen molar-refractivity contribution >= 4 is 11.5 Å². The number of hydrogen-bond donors (Lipinski definition) is 2. The predicted molar refractivity (Wildman–Crippen MR) is 65.4 cm³/mol. The molecule has 0 radical (unpaired) electrons.